The van der Waals surface area contributed by atoms with Crippen LogP contribution in [0.2, 0.25) is 0 Å². The molecule has 2 aromatic rings. The molecule has 5 nitrogen and oxygen atoms in total. The molecule has 22 heavy (non-hydrogen) atoms. The first-order valence-electron chi connectivity index (χ1n) is 7.33. The molecule has 1 aromatic heterocycles. The Morgan fingerprint density at radius 3 is 3.05 bits per heavy atom. The smallest absolute Gasteiger partial charge is 0.310 e. The van der Waals surface area contributed by atoms with Crippen molar-refractivity contribution in [2.24, 2.45) is 5.92 Å². The van der Waals surface area contributed by atoms with Crippen molar-refractivity contribution in [3.05, 3.63) is 42.2 Å². The number of ether oxygens (including phenoxy) is 1. The highest BCUT2D eigenvalue weighted by Gasteiger charge is 2.68. The fraction of sp³-hybridized carbons (Fsp3) is 0.294. The number of anilines is 1. The number of esters is 1. The molecule has 0 bridgehead atoms. The van der Waals surface area contributed by atoms with Gasteiger partial charge in [-0.1, -0.05) is 0 Å². The molecule has 1 aromatic carbocycles. The molecule has 1 aliphatic heterocycles. The van der Waals surface area contributed by atoms with Crippen molar-refractivity contribution in [3.8, 4) is 11.3 Å². The number of hydrogen-bond acceptors (Lipinski definition) is 4. The van der Waals surface area contributed by atoms with Gasteiger partial charge in [0, 0.05) is 11.3 Å². The van der Waals surface area contributed by atoms with Gasteiger partial charge in [-0.3, -0.25) is 9.59 Å². The van der Waals surface area contributed by atoms with Crippen molar-refractivity contribution >= 4 is 17.6 Å². The van der Waals surface area contributed by atoms with Gasteiger partial charge in [-0.05, 0) is 49.2 Å². The predicted octanol–water partition coefficient (Wildman–Crippen LogP) is 2.72. The third-order valence-electron chi connectivity index (χ3n) is 4.49. The molecule has 4 rings (SSSR count). The van der Waals surface area contributed by atoms with Crippen molar-refractivity contribution < 1.29 is 18.7 Å². The van der Waals surface area contributed by atoms with Gasteiger partial charge in [-0.15, -0.1) is 0 Å². The molecule has 2 aliphatic rings. The maximum Gasteiger partial charge on any atom is 0.310 e. The highest BCUT2D eigenvalue weighted by molar-refractivity contribution is 6.12. The molecule has 2 atom stereocenters. The molecule has 0 saturated heterocycles. The van der Waals surface area contributed by atoms with E-state index >= 15 is 0 Å². The Labute approximate surface area is 127 Å². The average molecular weight is 297 g/mol. The summed E-state index contributed by atoms with van der Waals surface area (Å²) in [5, 5.41) is 2.87. The van der Waals surface area contributed by atoms with Crippen LogP contribution in [0.3, 0.4) is 0 Å². The van der Waals surface area contributed by atoms with Gasteiger partial charge in [0.1, 0.15) is 5.76 Å². The first-order valence-corrected chi connectivity index (χ1v) is 7.33. The van der Waals surface area contributed by atoms with E-state index in [4.69, 9.17) is 9.15 Å². The number of benzene rings is 1. The van der Waals surface area contributed by atoms with Gasteiger partial charge in [0.25, 0.3) is 0 Å². The zero-order chi connectivity index (χ0) is 15.3. The van der Waals surface area contributed by atoms with Gasteiger partial charge in [-0.25, -0.2) is 0 Å². The van der Waals surface area contributed by atoms with Gasteiger partial charge in [-0.2, -0.15) is 0 Å². The third-order valence-corrected chi connectivity index (χ3v) is 4.49. The molecule has 1 amide bonds. The number of hydrogen-bond donors (Lipinski definition) is 1. The highest BCUT2D eigenvalue weighted by atomic mass is 16.5. The molecule has 1 fully saturated rings. The van der Waals surface area contributed by atoms with E-state index in [1.165, 1.54) is 0 Å². The fourth-order valence-electron chi connectivity index (χ4n) is 3.31. The summed E-state index contributed by atoms with van der Waals surface area (Å²) in [5.74, 6) is -0.0581. The number of fused-ring (bicyclic) bond motifs is 2. The van der Waals surface area contributed by atoms with E-state index in [2.05, 4.69) is 5.32 Å². The standard InChI is InChI=1S/C17H15NO4/c1-2-21-15(19)12-9-17(12)11-8-10(14-4-3-7-22-14)5-6-13(11)18-16(17)20/h3-8,12H,2,9H2,1H3,(H,18,20). The summed E-state index contributed by atoms with van der Waals surface area (Å²) < 4.78 is 10.5. The highest BCUT2D eigenvalue weighted by Crippen LogP contribution is 2.60. The second-order valence-electron chi connectivity index (χ2n) is 5.67. The molecule has 5 heteroatoms. The second-order valence-corrected chi connectivity index (χ2v) is 5.67. The van der Waals surface area contributed by atoms with Crippen LogP contribution in [0.5, 0.6) is 0 Å². The van der Waals surface area contributed by atoms with Crippen LogP contribution in [0.1, 0.15) is 18.9 Å². The van der Waals surface area contributed by atoms with E-state index in [9.17, 15) is 9.59 Å². The average Bonchev–Trinajstić information content (AvgIpc) is 2.90. The topological polar surface area (TPSA) is 68.5 Å². The molecule has 112 valence electrons. The van der Waals surface area contributed by atoms with Crippen LogP contribution < -0.4 is 5.32 Å². The lowest BCUT2D eigenvalue weighted by Crippen LogP contribution is -2.25. The molecule has 1 spiro atoms. The minimum Gasteiger partial charge on any atom is -0.466 e. The van der Waals surface area contributed by atoms with E-state index in [1.54, 1.807) is 13.2 Å². The number of nitrogens with one attached hydrogen (secondary N) is 1. The number of furan rings is 1. The lowest BCUT2D eigenvalue weighted by Gasteiger charge is -2.09. The van der Waals surface area contributed by atoms with Crippen molar-refractivity contribution in [1.82, 2.24) is 0 Å². The molecule has 2 unspecified atom stereocenters. The minimum absolute atomic E-state index is 0.114. The largest absolute Gasteiger partial charge is 0.466 e. The Morgan fingerprint density at radius 2 is 2.32 bits per heavy atom. The molecule has 1 aliphatic carbocycles. The van der Waals surface area contributed by atoms with E-state index in [0.29, 0.717) is 13.0 Å². The van der Waals surface area contributed by atoms with Crippen LogP contribution in [0.4, 0.5) is 5.69 Å². The predicted molar refractivity (Wildman–Crippen MR) is 79.2 cm³/mol. The number of carbonyl (C=O) groups is 2. The third kappa shape index (κ3) is 1.65. The monoisotopic (exact) mass is 297 g/mol. The summed E-state index contributed by atoms with van der Waals surface area (Å²) in [6.07, 6.45) is 2.12. The maximum absolute atomic E-state index is 12.4. The Kier molecular flexibility index (Phi) is 2.66. The summed E-state index contributed by atoms with van der Waals surface area (Å²) in [5.41, 5.74) is 1.77. The molecule has 1 saturated carbocycles. The molecule has 2 heterocycles. The number of rotatable bonds is 3. The van der Waals surface area contributed by atoms with Crippen LogP contribution in [-0.2, 0) is 19.7 Å². The summed E-state index contributed by atoms with van der Waals surface area (Å²) in [7, 11) is 0. The van der Waals surface area contributed by atoms with Gasteiger partial charge < -0.3 is 14.5 Å². The Morgan fingerprint density at radius 1 is 1.45 bits per heavy atom. The van der Waals surface area contributed by atoms with Gasteiger partial charge in [0.05, 0.1) is 24.2 Å². The Hall–Kier alpha value is -2.56. The zero-order valence-electron chi connectivity index (χ0n) is 12.1. The van der Waals surface area contributed by atoms with Crippen molar-refractivity contribution in [2.75, 3.05) is 11.9 Å². The van der Waals surface area contributed by atoms with Crippen LogP contribution >= 0.6 is 0 Å². The van der Waals surface area contributed by atoms with Crippen LogP contribution in [-0.4, -0.2) is 18.5 Å². The van der Waals surface area contributed by atoms with Gasteiger partial charge in [0.15, 0.2) is 0 Å². The van der Waals surface area contributed by atoms with E-state index in [-0.39, 0.29) is 17.8 Å². The summed E-state index contributed by atoms with van der Waals surface area (Å²) >= 11 is 0. The van der Waals surface area contributed by atoms with Crippen molar-refractivity contribution in [2.45, 2.75) is 18.8 Å². The van der Waals surface area contributed by atoms with Crippen molar-refractivity contribution in [3.63, 3.8) is 0 Å². The van der Waals surface area contributed by atoms with Gasteiger partial charge in [0.2, 0.25) is 5.91 Å². The number of amides is 1. The van der Waals surface area contributed by atoms with E-state index < -0.39 is 5.41 Å². The Balaban J connectivity index is 1.75. The lowest BCUT2D eigenvalue weighted by atomic mass is 9.93. The van der Waals surface area contributed by atoms with Crippen molar-refractivity contribution in [1.29, 1.82) is 0 Å². The van der Waals surface area contributed by atoms with Gasteiger partial charge >= 0.3 is 5.97 Å². The Bertz CT molecular complexity index is 765. The second kappa shape index (κ2) is 4.47. The molecular weight excluding hydrogens is 282 g/mol. The normalized spacial score (nSPS) is 25.0. The quantitative estimate of drug-likeness (QED) is 0.884. The summed E-state index contributed by atoms with van der Waals surface area (Å²) in [4.78, 5) is 24.4. The zero-order valence-corrected chi connectivity index (χ0v) is 12.1. The molecule has 0 radical (unpaired) electrons. The fourth-order valence-corrected chi connectivity index (χ4v) is 3.31. The first-order chi connectivity index (χ1) is 10.7. The van der Waals surface area contributed by atoms with Crippen LogP contribution in [0, 0.1) is 5.92 Å². The SMILES string of the molecule is CCOC(=O)C1CC12C(=O)Nc1ccc(-c3ccco3)cc12. The number of carbonyl (C=O) groups excluding carboxylic acids is 2. The first kappa shape index (κ1) is 13.1. The summed E-state index contributed by atoms with van der Waals surface area (Å²) in [6.45, 7) is 2.09. The molecular formula is C17H15NO4. The summed E-state index contributed by atoms with van der Waals surface area (Å²) in [6, 6.07) is 9.39. The van der Waals surface area contributed by atoms with Crippen LogP contribution in [0.15, 0.2) is 41.0 Å². The minimum atomic E-state index is -0.760. The van der Waals surface area contributed by atoms with Crippen LogP contribution in [0.25, 0.3) is 11.3 Å². The lowest BCUT2D eigenvalue weighted by molar-refractivity contribution is -0.146. The van der Waals surface area contributed by atoms with E-state index in [1.807, 2.05) is 30.3 Å². The maximum atomic E-state index is 12.4. The van der Waals surface area contributed by atoms with E-state index in [0.717, 1.165) is 22.6 Å². The molecule has 1 N–H and O–H groups in total.